The minimum Gasteiger partial charge on any atom is -0.382 e. The monoisotopic (exact) mass is 286 g/mol. The van der Waals surface area contributed by atoms with E-state index in [1.54, 1.807) is 13.0 Å². The zero-order valence-corrected chi connectivity index (χ0v) is 12.1. The van der Waals surface area contributed by atoms with Gasteiger partial charge in [-0.2, -0.15) is 5.10 Å². The highest BCUT2D eigenvalue weighted by atomic mass is 32.2. The molecule has 6 nitrogen and oxygen atoms in total. The summed E-state index contributed by atoms with van der Waals surface area (Å²) < 4.78 is 24.9. The molecule has 2 rings (SSSR count). The summed E-state index contributed by atoms with van der Waals surface area (Å²) in [5.41, 5.74) is 5.61. The van der Waals surface area contributed by atoms with Crippen LogP contribution in [0.2, 0.25) is 0 Å². The van der Waals surface area contributed by atoms with Gasteiger partial charge in [0.05, 0.1) is 11.8 Å². The molecule has 2 N–H and O–H groups in total. The van der Waals surface area contributed by atoms with Gasteiger partial charge in [0.15, 0.2) is 9.84 Å². The van der Waals surface area contributed by atoms with Crippen LogP contribution in [0.4, 0.5) is 5.82 Å². The molecule has 1 aliphatic heterocycles. The number of nitrogens with zero attached hydrogens (tertiary/aromatic N) is 3. The van der Waals surface area contributed by atoms with Crippen molar-refractivity contribution in [2.75, 3.05) is 36.9 Å². The summed E-state index contributed by atoms with van der Waals surface area (Å²) in [5, 5.41) is 4.24. The predicted molar refractivity (Wildman–Crippen MR) is 75.7 cm³/mol. The minimum absolute atomic E-state index is 0.232. The van der Waals surface area contributed by atoms with Crippen molar-refractivity contribution in [1.29, 1.82) is 0 Å². The maximum Gasteiger partial charge on any atom is 0.151 e. The van der Waals surface area contributed by atoms with Crippen molar-refractivity contribution in [3.05, 3.63) is 12.3 Å². The quantitative estimate of drug-likeness (QED) is 0.854. The highest BCUT2D eigenvalue weighted by Crippen LogP contribution is 2.22. The van der Waals surface area contributed by atoms with E-state index in [2.05, 4.69) is 10.00 Å². The minimum atomic E-state index is -2.86. The van der Waals surface area contributed by atoms with Gasteiger partial charge in [-0.15, -0.1) is 0 Å². The van der Waals surface area contributed by atoms with E-state index in [1.165, 1.54) is 0 Å². The first kappa shape index (κ1) is 14.3. The number of piperidine rings is 1. The average molecular weight is 286 g/mol. The van der Waals surface area contributed by atoms with Gasteiger partial charge in [-0.05, 0) is 18.9 Å². The van der Waals surface area contributed by atoms with Crippen LogP contribution in [0.25, 0.3) is 0 Å². The van der Waals surface area contributed by atoms with Gasteiger partial charge in [0.25, 0.3) is 0 Å². The van der Waals surface area contributed by atoms with Gasteiger partial charge in [-0.25, -0.2) is 8.42 Å². The average Bonchev–Trinajstić information content (AvgIpc) is 2.84. The van der Waals surface area contributed by atoms with Crippen LogP contribution in [-0.2, 0) is 9.84 Å². The van der Waals surface area contributed by atoms with E-state index in [4.69, 9.17) is 5.73 Å². The summed E-state index contributed by atoms with van der Waals surface area (Å²) in [6, 6.07) is 2.19. The van der Waals surface area contributed by atoms with Crippen molar-refractivity contribution in [1.82, 2.24) is 14.7 Å². The van der Waals surface area contributed by atoms with Gasteiger partial charge in [0, 0.05) is 31.6 Å². The van der Waals surface area contributed by atoms with Gasteiger partial charge >= 0.3 is 0 Å². The molecule has 1 fully saturated rings. The molecule has 0 spiro atoms. The van der Waals surface area contributed by atoms with Crippen LogP contribution in [0.3, 0.4) is 0 Å². The first-order chi connectivity index (χ1) is 9.00. The number of likely N-dealkylation sites (tertiary alicyclic amines) is 1. The lowest BCUT2D eigenvalue weighted by molar-refractivity contribution is 0.188. The van der Waals surface area contributed by atoms with Crippen LogP contribution >= 0.6 is 0 Å². The zero-order valence-electron chi connectivity index (χ0n) is 11.3. The first-order valence-corrected chi connectivity index (χ1v) is 8.56. The van der Waals surface area contributed by atoms with Gasteiger partial charge in [-0.3, -0.25) is 4.68 Å². The Hall–Kier alpha value is -1.08. The molecule has 19 heavy (non-hydrogen) atoms. The predicted octanol–water partition coefficient (Wildman–Crippen LogP) is 0.537. The third kappa shape index (κ3) is 3.94. The topological polar surface area (TPSA) is 81.2 Å². The Bertz CT molecular complexity index is 504. The van der Waals surface area contributed by atoms with Crippen LogP contribution in [0.15, 0.2) is 12.3 Å². The molecule has 2 heterocycles. The molecule has 1 aromatic rings. The molecule has 0 radical (unpaired) electrons. The van der Waals surface area contributed by atoms with E-state index in [0.717, 1.165) is 25.9 Å². The molecule has 1 saturated heterocycles. The Morgan fingerprint density at radius 2 is 2.11 bits per heavy atom. The van der Waals surface area contributed by atoms with E-state index >= 15 is 0 Å². The molecule has 0 unspecified atom stereocenters. The molecule has 0 aromatic carbocycles. The molecule has 0 atom stereocenters. The first-order valence-electron chi connectivity index (χ1n) is 6.73. The van der Waals surface area contributed by atoms with E-state index in [1.807, 2.05) is 10.9 Å². The second kappa shape index (κ2) is 5.92. The van der Waals surface area contributed by atoms with Crippen LogP contribution in [0.1, 0.15) is 25.8 Å². The summed E-state index contributed by atoms with van der Waals surface area (Å²) in [5.74, 6) is 1.05. The number of nitrogens with two attached hydrogens (primary N) is 1. The fraction of sp³-hybridized carbons (Fsp3) is 0.750. The lowest BCUT2D eigenvalue weighted by atomic mass is 10.1. The number of anilines is 1. The molecule has 7 heteroatoms. The normalized spacial score (nSPS) is 18.8. The van der Waals surface area contributed by atoms with Crippen molar-refractivity contribution < 1.29 is 8.42 Å². The summed E-state index contributed by atoms with van der Waals surface area (Å²) in [4.78, 5) is 2.22. The summed E-state index contributed by atoms with van der Waals surface area (Å²) in [6.45, 7) is 4.18. The SMILES string of the molecule is CCS(=O)(=O)CCN1CCC(n2ccc(N)n2)CC1. The van der Waals surface area contributed by atoms with Crippen LogP contribution in [-0.4, -0.2) is 54.2 Å². The fourth-order valence-electron chi connectivity index (χ4n) is 2.38. The van der Waals surface area contributed by atoms with E-state index in [9.17, 15) is 8.42 Å². The maximum atomic E-state index is 11.5. The van der Waals surface area contributed by atoms with Gasteiger partial charge < -0.3 is 10.6 Å². The Morgan fingerprint density at radius 3 is 2.63 bits per heavy atom. The van der Waals surface area contributed by atoms with E-state index in [0.29, 0.717) is 18.4 Å². The molecule has 108 valence electrons. The zero-order chi connectivity index (χ0) is 13.9. The lowest BCUT2D eigenvalue weighted by Gasteiger charge is -2.31. The largest absolute Gasteiger partial charge is 0.382 e. The number of aromatic nitrogens is 2. The molecule has 0 saturated carbocycles. The second-order valence-corrected chi connectivity index (χ2v) is 7.50. The second-order valence-electron chi connectivity index (χ2n) is 5.03. The Kier molecular flexibility index (Phi) is 4.46. The van der Waals surface area contributed by atoms with Gasteiger partial charge in [-0.1, -0.05) is 6.92 Å². The van der Waals surface area contributed by atoms with Crippen molar-refractivity contribution in [3.63, 3.8) is 0 Å². The Morgan fingerprint density at radius 1 is 1.42 bits per heavy atom. The Labute approximate surface area is 114 Å². The summed E-state index contributed by atoms with van der Waals surface area (Å²) in [6.07, 6.45) is 3.90. The van der Waals surface area contributed by atoms with E-state index in [-0.39, 0.29) is 11.5 Å². The van der Waals surface area contributed by atoms with Gasteiger partial charge in [0.1, 0.15) is 5.82 Å². The number of sulfone groups is 1. The highest BCUT2D eigenvalue weighted by Gasteiger charge is 2.21. The number of hydrogen-bond acceptors (Lipinski definition) is 5. The Balaban J connectivity index is 1.80. The third-order valence-corrected chi connectivity index (χ3v) is 5.40. The van der Waals surface area contributed by atoms with Gasteiger partial charge in [0.2, 0.25) is 0 Å². The standard InChI is InChI=1S/C12H22N4O2S/c1-2-19(17,18)10-9-15-6-3-11(4-7-15)16-8-5-12(13)14-16/h5,8,11H,2-4,6-7,9-10H2,1H3,(H2,13,14). The lowest BCUT2D eigenvalue weighted by Crippen LogP contribution is -2.37. The van der Waals surface area contributed by atoms with Crippen LogP contribution in [0, 0.1) is 0 Å². The summed E-state index contributed by atoms with van der Waals surface area (Å²) in [7, 11) is -2.86. The fourth-order valence-corrected chi connectivity index (χ4v) is 3.20. The van der Waals surface area contributed by atoms with Crippen LogP contribution in [0.5, 0.6) is 0 Å². The molecule has 0 aliphatic carbocycles. The van der Waals surface area contributed by atoms with Crippen molar-refractivity contribution in [2.45, 2.75) is 25.8 Å². The molecular weight excluding hydrogens is 264 g/mol. The van der Waals surface area contributed by atoms with E-state index < -0.39 is 9.84 Å². The number of rotatable bonds is 5. The third-order valence-electron chi connectivity index (χ3n) is 3.72. The summed E-state index contributed by atoms with van der Waals surface area (Å²) >= 11 is 0. The van der Waals surface area contributed by atoms with Crippen molar-refractivity contribution in [3.8, 4) is 0 Å². The van der Waals surface area contributed by atoms with Crippen molar-refractivity contribution in [2.24, 2.45) is 0 Å². The number of hydrogen-bond donors (Lipinski definition) is 1. The molecule has 1 aliphatic rings. The number of nitrogen functional groups attached to an aromatic ring is 1. The smallest absolute Gasteiger partial charge is 0.151 e. The van der Waals surface area contributed by atoms with Crippen LogP contribution < -0.4 is 5.73 Å². The molecular formula is C12H22N4O2S. The molecule has 1 aromatic heterocycles. The molecule has 0 bridgehead atoms. The molecule has 0 amide bonds. The van der Waals surface area contributed by atoms with Crippen molar-refractivity contribution >= 4 is 15.7 Å². The maximum absolute atomic E-state index is 11.5. The highest BCUT2D eigenvalue weighted by molar-refractivity contribution is 7.91.